The van der Waals surface area contributed by atoms with Gasteiger partial charge in [0.05, 0.1) is 23.9 Å². The molecule has 2 aromatic rings. The minimum atomic E-state index is -4.58. The predicted octanol–water partition coefficient (Wildman–Crippen LogP) is 4.82. The molecule has 216 valence electrons. The van der Waals surface area contributed by atoms with E-state index in [0.717, 1.165) is 58.0 Å². The van der Waals surface area contributed by atoms with Gasteiger partial charge in [0.15, 0.2) is 0 Å². The number of aromatic nitrogens is 2. The first-order chi connectivity index (χ1) is 19.9. The average molecular weight is 552 g/mol. The molecule has 0 aromatic carbocycles. The highest BCUT2D eigenvalue weighted by Gasteiger charge is 2.44. The Morgan fingerprint density at radius 1 is 1.10 bits per heavy atom. The van der Waals surface area contributed by atoms with Gasteiger partial charge in [-0.2, -0.15) is 13.2 Å². The number of pyridine rings is 1. The number of halogens is 3. The van der Waals surface area contributed by atoms with E-state index >= 15 is 0 Å². The molecular weight excluding hydrogens is 505 g/mol. The molecule has 2 aromatic heterocycles. The number of nitrogens with one attached hydrogen (secondary N) is 2. The number of likely N-dealkylation sites (tertiary alicyclic amines) is 1. The van der Waals surface area contributed by atoms with Crippen LogP contribution in [0.2, 0.25) is 0 Å². The number of hydrogen-bond donors (Lipinski definition) is 2. The monoisotopic (exact) mass is 551 g/mol. The Morgan fingerprint density at radius 2 is 1.90 bits per heavy atom. The molecule has 5 atom stereocenters. The van der Waals surface area contributed by atoms with Gasteiger partial charge in [0.2, 0.25) is 0 Å². The van der Waals surface area contributed by atoms with Gasteiger partial charge in [-0.05, 0) is 80.9 Å². The van der Waals surface area contributed by atoms with Crippen molar-refractivity contribution in [2.75, 3.05) is 26.7 Å². The zero-order chi connectivity index (χ0) is 29.8. The molecule has 2 aliphatic carbocycles. The third kappa shape index (κ3) is 5.42. The average Bonchev–Trinajstić information content (AvgIpc) is 3.51. The van der Waals surface area contributed by atoms with Crippen LogP contribution in [0.3, 0.4) is 0 Å². The van der Waals surface area contributed by atoms with Crippen molar-refractivity contribution in [2.24, 2.45) is 23.7 Å². The molecule has 0 amide bonds. The Kier molecular flexibility index (Phi) is 6.61. The largest absolute Gasteiger partial charge is 0.418 e. The number of rotatable bonds is 6. The summed E-state index contributed by atoms with van der Waals surface area (Å²) in [4.78, 5) is 17.5. The van der Waals surface area contributed by atoms with E-state index in [4.69, 9.17) is 4.11 Å². The van der Waals surface area contributed by atoms with Gasteiger partial charge in [-0.1, -0.05) is 32.6 Å². The molecule has 2 saturated carbocycles. The van der Waals surface area contributed by atoms with Gasteiger partial charge < -0.3 is 0 Å². The molecule has 2 aliphatic heterocycles. The van der Waals surface area contributed by atoms with Crippen molar-refractivity contribution in [3.8, 4) is 0 Å². The number of hydrogen-bond acceptors (Lipinski definition) is 5. The van der Waals surface area contributed by atoms with Crippen LogP contribution in [0.15, 0.2) is 23.3 Å². The van der Waals surface area contributed by atoms with Gasteiger partial charge in [-0.15, -0.1) is 0 Å². The number of piperidine rings is 1. The van der Waals surface area contributed by atoms with E-state index in [2.05, 4.69) is 22.7 Å². The summed E-state index contributed by atoms with van der Waals surface area (Å²) in [6.45, 7) is 2.21. The molecule has 0 radical (unpaired) electrons. The first-order valence-electron chi connectivity index (χ1n) is 16.2. The molecule has 4 heterocycles. The smallest absolute Gasteiger partial charge is 0.299 e. The minimum Gasteiger partial charge on any atom is -0.299 e. The standard InChI is InChI=1S/C29H43F3N6O/c1-19-6-5-11-36(14-19)15-20-12-24(29(30,31)32)25-17-37(28(39)38(25)16-20)23-10-4-9-22(13-23)26(21-7-3-8-21)27-34-33-18-35(27)2/h12,16-17,19,21-23,26-27,33-34H,3-11,13-15,18H2,1-2H3/t19-,22?,23?,26-,27?/m0/s1/i2D3. The van der Waals surface area contributed by atoms with Crippen LogP contribution in [0.1, 0.15) is 86.0 Å². The topological polar surface area (TPSA) is 56.9 Å². The molecule has 10 heteroatoms. The van der Waals surface area contributed by atoms with Crippen LogP contribution >= 0.6 is 0 Å². The molecule has 7 nitrogen and oxygen atoms in total. The zero-order valence-corrected chi connectivity index (χ0v) is 22.7. The maximum Gasteiger partial charge on any atom is 0.418 e. The fourth-order valence-corrected chi connectivity index (χ4v) is 7.77. The van der Waals surface area contributed by atoms with E-state index < -0.39 is 24.4 Å². The highest BCUT2D eigenvalue weighted by Crippen LogP contribution is 2.47. The van der Waals surface area contributed by atoms with Crippen LogP contribution < -0.4 is 16.5 Å². The maximum atomic E-state index is 14.3. The number of alkyl halides is 3. The van der Waals surface area contributed by atoms with Crippen molar-refractivity contribution < 1.29 is 17.3 Å². The number of fused-ring (bicyclic) bond motifs is 1. The number of hydrazine groups is 1. The first-order valence-corrected chi connectivity index (χ1v) is 14.7. The second-order valence-electron chi connectivity index (χ2n) is 12.6. The summed E-state index contributed by atoms with van der Waals surface area (Å²) in [5.41, 5.74) is 5.45. The van der Waals surface area contributed by atoms with Gasteiger partial charge in [-0.3, -0.25) is 18.8 Å². The van der Waals surface area contributed by atoms with E-state index in [1.54, 1.807) is 6.20 Å². The van der Waals surface area contributed by atoms with Gasteiger partial charge in [0.25, 0.3) is 0 Å². The fraction of sp³-hybridized carbons (Fsp3) is 0.759. The van der Waals surface area contributed by atoms with Crippen molar-refractivity contribution in [1.29, 1.82) is 0 Å². The first kappa shape index (κ1) is 23.8. The molecule has 39 heavy (non-hydrogen) atoms. The zero-order valence-electron chi connectivity index (χ0n) is 25.7. The van der Waals surface area contributed by atoms with E-state index in [0.29, 0.717) is 36.8 Å². The summed E-state index contributed by atoms with van der Waals surface area (Å²) in [7, 11) is 0. The number of nitrogens with zero attached hydrogens (tertiary/aromatic N) is 4. The van der Waals surface area contributed by atoms with Crippen LogP contribution in [0, 0.1) is 23.7 Å². The normalized spacial score (nSPS) is 32.1. The van der Waals surface area contributed by atoms with Crippen molar-refractivity contribution >= 4 is 5.52 Å². The van der Waals surface area contributed by atoms with Crippen molar-refractivity contribution in [2.45, 2.75) is 89.6 Å². The lowest BCUT2D eigenvalue weighted by Crippen LogP contribution is -2.50. The van der Waals surface area contributed by atoms with Crippen LogP contribution in [-0.4, -0.2) is 51.7 Å². The summed E-state index contributed by atoms with van der Waals surface area (Å²) in [5.74, 6) is 1.12. The van der Waals surface area contributed by atoms with Crippen molar-refractivity contribution in [3.05, 3.63) is 40.1 Å². The van der Waals surface area contributed by atoms with Crippen LogP contribution in [0.4, 0.5) is 13.2 Å². The maximum absolute atomic E-state index is 14.3. The molecule has 2 saturated heterocycles. The van der Waals surface area contributed by atoms with E-state index in [1.165, 1.54) is 26.1 Å². The van der Waals surface area contributed by atoms with Gasteiger partial charge in [-0.25, -0.2) is 15.6 Å². The molecule has 2 N–H and O–H groups in total. The van der Waals surface area contributed by atoms with Gasteiger partial charge in [0.1, 0.15) is 0 Å². The molecule has 6 rings (SSSR count). The minimum absolute atomic E-state index is 0.0778. The summed E-state index contributed by atoms with van der Waals surface area (Å²) in [6.07, 6.45) is 6.54. The summed E-state index contributed by atoms with van der Waals surface area (Å²) in [5, 5.41) is 0. The third-order valence-electron chi connectivity index (χ3n) is 9.82. The number of imidazole rings is 1. The highest BCUT2D eigenvalue weighted by molar-refractivity contribution is 5.56. The predicted molar refractivity (Wildman–Crippen MR) is 145 cm³/mol. The Balaban J connectivity index is 1.31. The Hall–Kier alpha value is -1.88. The molecule has 0 bridgehead atoms. The van der Waals surface area contributed by atoms with Crippen LogP contribution in [0.5, 0.6) is 0 Å². The fourth-order valence-electron chi connectivity index (χ4n) is 7.77. The SMILES string of the molecule is [2H]C([2H])([2H])N1CNNC1[C@@H](C1CCC1)C1CCCC(n2cc3c(C(F)(F)F)cc(CN4CCC[C@H](C)C4)cn3c2=O)C1. The third-order valence-corrected chi connectivity index (χ3v) is 9.82. The Morgan fingerprint density at radius 3 is 2.62 bits per heavy atom. The second kappa shape index (κ2) is 10.8. The molecule has 4 aliphatic rings. The lowest BCUT2D eigenvalue weighted by atomic mass is 9.65. The van der Waals surface area contributed by atoms with E-state index in [-0.39, 0.29) is 36.2 Å². The Labute approximate surface area is 232 Å². The van der Waals surface area contributed by atoms with Gasteiger partial charge >= 0.3 is 11.9 Å². The lowest BCUT2D eigenvalue weighted by molar-refractivity contribution is -0.136. The van der Waals surface area contributed by atoms with Crippen LogP contribution in [0.25, 0.3) is 5.52 Å². The van der Waals surface area contributed by atoms with Crippen molar-refractivity contribution in [1.82, 2.24) is 29.6 Å². The van der Waals surface area contributed by atoms with Gasteiger partial charge in [0, 0.05) is 35.6 Å². The summed E-state index contributed by atoms with van der Waals surface area (Å²) in [6, 6.07) is 0.985. The highest BCUT2D eigenvalue weighted by atomic mass is 19.4. The summed E-state index contributed by atoms with van der Waals surface area (Å²) < 4.78 is 69.9. The van der Waals surface area contributed by atoms with Crippen molar-refractivity contribution in [3.63, 3.8) is 0 Å². The van der Waals surface area contributed by atoms with E-state index in [1.807, 2.05) is 0 Å². The molecule has 4 fully saturated rings. The second-order valence-corrected chi connectivity index (χ2v) is 12.6. The Bertz CT molecular complexity index is 1320. The molecular formula is C29H43F3N6O. The van der Waals surface area contributed by atoms with E-state index in [9.17, 15) is 18.0 Å². The van der Waals surface area contributed by atoms with Crippen LogP contribution in [-0.2, 0) is 12.7 Å². The quantitative estimate of drug-likeness (QED) is 0.539. The summed E-state index contributed by atoms with van der Waals surface area (Å²) >= 11 is 0. The molecule has 0 spiro atoms. The molecule has 3 unspecified atom stereocenters. The lowest BCUT2D eigenvalue weighted by Gasteiger charge is -2.46.